The van der Waals surface area contributed by atoms with Gasteiger partial charge in [-0.25, -0.2) is 0 Å². The first-order chi connectivity index (χ1) is 14.0. The normalized spacial score (nSPS) is 26.1. The molecule has 3 fully saturated rings. The van der Waals surface area contributed by atoms with Crippen molar-refractivity contribution in [3.63, 3.8) is 0 Å². The number of aromatic nitrogens is 2. The second-order valence-electron chi connectivity index (χ2n) is 9.29. The molecule has 3 saturated heterocycles. The van der Waals surface area contributed by atoms with Crippen molar-refractivity contribution in [2.24, 2.45) is 11.8 Å². The molecule has 1 aromatic rings. The molecule has 0 bridgehead atoms. The third-order valence-electron chi connectivity index (χ3n) is 7.28. The Kier molecular flexibility index (Phi) is 6.54. The molecule has 1 atom stereocenters. The summed E-state index contributed by atoms with van der Waals surface area (Å²) in [5, 5.41) is 4.06. The maximum absolute atomic E-state index is 12.8. The Morgan fingerprint density at radius 1 is 1.14 bits per heavy atom. The van der Waals surface area contributed by atoms with E-state index in [2.05, 4.69) is 26.9 Å². The van der Waals surface area contributed by atoms with Gasteiger partial charge < -0.3 is 19.1 Å². The molecule has 0 N–H and O–H groups in total. The molecule has 0 aromatic carbocycles. The summed E-state index contributed by atoms with van der Waals surface area (Å²) in [5.41, 5.74) is -0.0645. The van der Waals surface area contributed by atoms with Gasteiger partial charge in [-0.1, -0.05) is 12.1 Å². The predicted octanol–water partition coefficient (Wildman–Crippen LogP) is 2.83. The maximum atomic E-state index is 12.8. The molecule has 7 nitrogen and oxygen atoms in total. The second kappa shape index (κ2) is 9.13. The number of carbonyl (C=O) groups excluding carboxylic acids is 1. The van der Waals surface area contributed by atoms with Gasteiger partial charge in [0.25, 0.3) is 0 Å². The average molecular weight is 405 g/mol. The molecule has 4 rings (SSSR count). The number of nitrogens with zero attached hydrogens (tertiary/aromatic N) is 4. The number of hydrogen-bond acceptors (Lipinski definition) is 6. The third-order valence-corrected chi connectivity index (χ3v) is 7.28. The smallest absolute Gasteiger partial charge is 0.223 e. The Hall–Kier alpha value is -1.47. The molecule has 7 heteroatoms. The Labute approximate surface area is 174 Å². The van der Waals surface area contributed by atoms with Crippen LogP contribution in [0.3, 0.4) is 0 Å². The molecule has 162 valence electrons. The molecule has 1 unspecified atom stereocenters. The van der Waals surface area contributed by atoms with E-state index >= 15 is 0 Å². The van der Waals surface area contributed by atoms with Gasteiger partial charge in [0.2, 0.25) is 11.8 Å². The summed E-state index contributed by atoms with van der Waals surface area (Å²) in [6, 6.07) is 0. The predicted molar refractivity (Wildman–Crippen MR) is 109 cm³/mol. The number of ether oxygens (including phenoxy) is 1. The van der Waals surface area contributed by atoms with Gasteiger partial charge >= 0.3 is 0 Å². The summed E-state index contributed by atoms with van der Waals surface area (Å²) in [5.74, 6) is 2.89. The minimum atomic E-state index is -0.0645. The van der Waals surface area contributed by atoms with Crippen LogP contribution in [-0.2, 0) is 16.0 Å². The minimum Gasteiger partial charge on any atom is -0.375 e. The summed E-state index contributed by atoms with van der Waals surface area (Å²) in [6.45, 7) is 9.94. The fourth-order valence-electron chi connectivity index (χ4n) is 5.38. The zero-order valence-electron chi connectivity index (χ0n) is 18.1. The van der Waals surface area contributed by atoms with Crippen LogP contribution in [0.2, 0.25) is 0 Å². The molecule has 0 saturated carbocycles. The lowest BCUT2D eigenvalue weighted by atomic mass is 9.78. The number of rotatable bonds is 5. The van der Waals surface area contributed by atoms with E-state index in [0.29, 0.717) is 23.6 Å². The van der Waals surface area contributed by atoms with Crippen molar-refractivity contribution >= 4 is 5.91 Å². The van der Waals surface area contributed by atoms with Gasteiger partial charge in [0, 0.05) is 39.5 Å². The zero-order chi connectivity index (χ0) is 20.3. The van der Waals surface area contributed by atoms with E-state index in [9.17, 15) is 4.79 Å². The summed E-state index contributed by atoms with van der Waals surface area (Å²) in [7, 11) is 0. The van der Waals surface area contributed by atoms with Crippen molar-refractivity contribution in [1.82, 2.24) is 19.9 Å². The first kappa shape index (κ1) is 20.8. The third kappa shape index (κ3) is 5.18. The lowest BCUT2D eigenvalue weighted by Gasteiger charge is -2.46. The number of likely N-dealkylation sites (tertiary alicyclic amines) is 2. The van der Waals surface area contributed by atoms with Crippen LogP contribution in [0.25, 0.3) is 0 Å². The number of carbonyl (C=O) groups is 1. The molecule has 3 aliphatic heterocycles. The van der Waals surface area contributed by atoms with E-state index < -0.39 is 0 Å². The van der Waals surface area contributed by atoms with Crippen LogP contribution in [-0.4, -0.2) is 70.8 Å². The van der Waals surface area contributed by atoms with Crippen molar-refractivity contribution in [3.8, 4) is 0 Å². The molecule has 1 spiro atoms. The Bertz CT molecular complexity index is 675. The molecule has 0 radical (unpaired) electrons. The summed E-state index contributed by atoms with van der Waals surface area (Å²) < 4.78 is 11.4. The van der Waals surface area contributed by atoms with Crippen molar-refractivity contribution < 1.29 is 14.1 Å². The Balaban J connectivity index is 1.24. The molecule has 4 heterocycles. The van der Waals surface area contributed by atoms with Crippen molar-refractivity contribution in [2.75, 3.05) is 39.3 Å². The van der Waals surface area contributed by atoms with Gasteiger partial charge in [0.15, 0.2) is 5.82 Å². The summed E-state index contributed by atoms with van der Waals surface area (Å²) in [4.78, 5) is 21.8. The maximum Gasteiger partial charge on any atom is 0.223 e. The zero-order valence-corrected chi connectivity index (χ0v) is 18.1. The van der Waals surface area contributed by atoms with E-state index in [0.717, 1.165) is 96.5 Å². The number of amides is 1. The van der Waals surface area contributed by atoms with Crippen LogP contribution >= 0.6 is 0 Å². The highest BCUT2D eigenvalue weighted by molar-refractivity contribution is 5.76. The van der Waals surface area contributed by atoms with Gasteiger partial charge in [-0.15, -0.1) is 0 Å². The van der Waals surface area contributed by atoms with Crippen LogP contribution in [0.5, 0.6) is 0 Å². The highest BCUT2D eigenvalue weighted by Gasteiger charge is 2.41. The van der Waals surface area contributed by atoms with Crippen molar-refractivity contribution in [3.05, 3.63) is 11.7 Å². The molecule has 3 aliphatic rings. The van der Waals surface area contributed by atoms with Crippen molar-refractivity contribution in [2.45, 2.75) is 70.8 Å². The van der Waals surface area contributed by atoms with E-state index in [1.165, 1.54) is 0 Å². The Morgan fingerprint density at radius 2 is 1.90 bits per heavy atom. The fraction of sp³-hybridized carbons (Fsp3) is 0.864. The van der Waals surface area contributed by atoms with Crippen LogP contribution in [0, 0.1) is 18.8 Å². The number of piperidine rings is 2. The molecule has 1 amide bonds. The van der Waals surface area contributed by atoms with E-state index in [-0.39, 0.29) is 5.60 Å². The number of aryl methyl sites for hydroxylation is 1. The molecule has 0 aliphatic carbocycles. The first-order valence-corrected chi connectivity index (χ1v) is 11.5. The minimum absolute atomic E-state index is 0.0645. The van der Waals surface area contributed by atoms with Crippen LogP contribution in [0.15, 0.2) is 4.52 Å². The highest BCUT2D eigenvalue weighted by atomic mass is 16.5. The molecular formula is C22H36N4O3. The van der Waals surface area contributed by atoms with Gasteiger partial charge in [-0.05, 0) is 70.0 Å². The molecule has 1 aromatic heterocycles. The van der Waals surface area contributed by atoms with Gasteiger partial charge in [-0.2, -0.15) is 4.98 Å². The molecular weight excluding hydrogens is 368 g/mol. The standard InChI is InChI=1S/C22H36N4O3/c1-3-25-9-4-18(5-10-25)15-21(27)26-11-7-22(8-12-26)16-19(6-13-28-22)14-20-23-17(2)29-24-20/h18-19H,3-16H2,1-2H3. The summed E-state index contributed by atoms with van der Waals surface area (Å²) in [6.07, 6.45) is 7.91. The lowest BCUT2D eigenvalue weighted by molar-refractivity contribution is -0.148. The SMILES string of the molecule is CCN1CCC(CC(=O)N2CCC3(CC2)CC(Cc2noc(C)n2)CCO3)CC1. The highest BCUT2D eigenvalue weighted by Crippen LogP contribution is 2.39. The molecule has 29 heavy (non-hydrogen) atoms. The monoisotopic (exact) mass is 404 g/mol. The van der Waals surface area contributed by atoms with Gasteiger partial charge in [-0.3, -0.25) is 4.79 Å². The van der Waals surface area contributed by atoms with E-state index in [1.54, 1.807) is 0 Å². The first-order valence-electron chi connectivity index (χ1n) is 11.5. The largest absolute Gasteiger partial charge is 0.375 e. The van der Waals surface area contributed by atoms with Crippen LogP contribution in [0.4, 0.5) is 0 Å². The van der Waals surface area contributed by atoms with Gasteiger partial charge in [0.05, 0.1) is 5.60 Å². The second-order valence-corrected chi connectivity index (χ2v) is 9.29. The topological polar surface area (TPSA) is 71.7 Å². The lowest BCUT2D eigenvalue weighted by Crippen LogP contribution is -2.51. The van der Waals surface area contributed by atoms with Crippen molar-refractivity contribution in [1.29, 1.82) is 0 Å². The average Bonchev–Trinajstić information content (AvgIpc) is 3.13. The quantitative estimate of drug-likeness (QED) is 0.751. The number of hydrogen-bond donors (Lipinski definition) is 0. The van der Waals surface area contributed by atoms with Crippen LogP contribution < -0.4 is 0 Å². The Morgan fingerprint density at radius 3 is 2.55 bits per heavy atom. The van der Waals surface area contributed by atoms with E-state index in [1.807, 2.05) is 6.92 Å². The van der Waals surface area contributed by atoms with Gasteiger partial charge in [0.1, 0.15) is 0 Å². The fourth-order valence-corrected chi connectivity index (χ4v) is 5.38. The van der Waals surface area contributed by atoms with Crippen LogP contribution in [0.1, 0.15) is 63.6 Å². The van der Waals surface area contributed by atoms with E-state index in [4.69, 9.17) is 9.26 Å². The summed E-state index contributed by atoms with van der Waals surface area (Å²) >= 11 is 0.